The van der Waals surface area contributed by atoms with Crippen LogP contribution in [0.25, 0.3) is 0 Å². The molecule has 5 heteroatoms. The third-order valence-corrected chi connectivity index (χ3v) is 2.82. The molecular formula is C12H13ClFN3. The second-order valence-corrected chi connectivity index (χ2v) is 4.22. The van der Waals surface area contributed by atoms with Crippen LogP contribution >= 0.6 is 11.6 Å². The summed E-state index contributed by atoms with van der Waals surface area (Å²) in [6, 6.07) is 4.34. The molecule has 0 radical (unpaired) electrons. The molecule has 0 spiro atoms. The van der Waals surface area contributed by atoms with Crippen LogP contribution in [-0.4, -0.2) is 16.1 Å². The third-order valence-electron chi connectivity index (χ3n) is 2.45. The topological polar surface area (TPSA) is 43.8 Å². The van der Waals surface area contributed by atoms with Crippen molar-refractivity contribution in [1.29, 1.82) is 0 Å². The molecule has 0 atom stereocenters. The van der Waals surface area contributed by atoms with Crippen molar-refractivity contribution in [2.24, 2.45) is 5.73 Å². The molecule has 2 aromatic rings. The average Bonchev–Trinajstić information content (AvgIpc) is 2.72. The molecule has 1 heterocycles. The van der Waals surface area contributed by atoms with Gasteiger partial charge in [0, 0.05) is 17.6 Å². The summed E-state index contributed by atoms with van der Waals surface area (Å²) >= 11 is 5.99. The molecule has 0 saturated heterocycles. The van der Waals surface area contributed by atoms with E-state index in [-0.39, 0.29) is 5.82 Å². The number of nitrogens with zero attached hydrogens (tertiary/aromatic N) is 2. The molecule has 0 aliphatic carbocycles. The number of halogens is 2. The van der Waals surface area contributed by atoms with Crippen LogP contribution in [0.5, 0.6) is 0 Å². The van der Waals surface area contributed by atoms with Crippen LogP contribution in [0.3, 0.4) is 0 Å². The lowest BCUT2D eigenvalue weighted by atomic mass is 10.2. The van der Waals surface area contributed by atoms with E-state index in [0.29, 0.717) is 18.1 Å². The summed E-state index contributed by atoms with van der Waals surface area (Å²) in [6.07, 6.45) is 4.34. The second-order valence-electron chi connectivity index (χ2n) is 3.81. The van der Waals surface area contributed by atoms with Crippen molar-refractivity contribution in [2.45, 2.75) is 13.0 Å². The Morgan fingerprint density at radius 2 is 2.24 bits per heavy atom. The molecule has 2 rings (SSSR count). The summed E-state index contributed by atoms with van der Waals surface area (Å²) in [4.78, 5) is 4.20. The van der Waals surface area contributed by atoms with E-state index in [4.69, 9.17) is 17.3 Å². The first-order valence-corrected chi connectivity index (χ1v) is 5.71. The van der Waals surface area contributed by atoms with Gasteiger partial charge in [0.25, 0.3) is 0 Å². The maximum atomic E-state index is 13.1. The SMILES string of the molecule is NCCc1cn(Cc2cc(F)ccc2Cl)cn1. The summed E-state index contributed by atoms with van der Waals surface area (Å²) in [7, 11) is 0. The van der Waals surface area contributed by atoms with Gasteiger partial charge in [-0.15, -0.1) is 0 Å². The van der Waals surface area contributed by atoms with Gasteiger partial charge in [0.2, 0.25) is 0 Å². The van der Waals surface area contributed by atoms with Crippen molar-refractivity contribution in [2.75, 3.05) is 6.54 Å². The van der Waals surface area contributed by atoms with Crippen LogP contribution in [0, 0.1) is 5.82 Å². The number of hydrogen-bond acceptors (Lipinski definition) is 2. The van der Waals surface area contributed by atoms with Gasteiger partial charge in [0.1, 0.15) is 5.82 Å². The Balaban J connectivity index is 2.16. The Hall–Kier alpha value is -1.39. The summed E-state index contributed by atoms with van der Waals surface area (Å²) < 4.78 is 14.9. The zero-order chi connectivity index (χ0) is 12.3. The van der Waals surface area contributed by atoms with E-state index in [1.165, 1.54) is 12.1 Å². The Bertz CT molecular complexity index is 510. The van der Waals surface area contributed by atoms with Gasteiger partial charge in [-0.25, -0.2) is 9.37 Å². The van der Waals surface area contributed by atoms with Crippen molar-refractivity contribution >= 4 is 11.6 Å². The summed E-state index contributed by atoms with van der Waals surface area (Å²) in [6.45, 7) is 1.08. The zero-order valence-corrected chi connectivity index (χ0v) is 9.99. The molecule has 0 unspecified atom stereocenters. The molecule has 0 aliphatic rings. The lowest BCUT2D eigenvalue weighted by molar-refractivity contribution is 0.623. The fraction of sp³-hybridized carbons (Fsp3) is 0.250. The lowest BCUT2D eigenvalue weighted by Gasteiger charge is -2.05. The highest BCUT2D eigenvalue weighted by Crippen LogP contribution is 2.18. The number of hydrogen-bond donors (Lipinski definition) is 1. The molecule has 1 aromatic carbocycles. The fourth-order valence-corrected chi connectivity index (χ4v) is 1.81. The molecule has 2 N–H and O–H groups in total. The molecule has 0 saturated carbocycles. The van der Waals surface area contributed by atoms with Gasteiger partial charge < -0.3 is 10.3 Å². The third kappa shape index (κ3) is 3.05. The number of aromatic nitrogens is 2. The van der Waals surface area contributed by atoms with Gasteiger partial charge >= 0.3 is 0 Å². The summed E-state index contributed by atoms with van der Waals surface area (Å²) in [5.74, 6) is -0.285. The summed E-state index contributed by atoms with van der Waals surface area (Å²) in [5.41, 5.74) is 7.12. The van der Waals surface area contributed by atoms with E-state index >= 15 is 0 Å². The quantitative estimate of drug-likeness (QED) is 0.908. The fourth-order valence-electron chi connectivity index (χ4n) is 1.63. The zero-order valence-electron chi connectivity index (χ0n) is 9.24. The molecule has 1 aromatic heterocycles. The van der Waals surface area contributed by atoms with Gasteiger partial charge in [-0.05, 0) is 30.3 Å². The second kappa shape index (κ2) is 5.29. The van der Waals surface area contributed by atoms with E-state index in [2.05, 4.69) is 4.98 Å². The van der Waals surface area contributed by atoms with Gasteiger partial charge in [-0.2, -0.15) is 0 Å². The number of imidazole rings is 1. The molecule has 0 bridgehead atoms. The molecule has 0 amide bonds. The van der Waals surface area contributed by atoms with Crippen LogP contribution in [0.1, 0.15) is 11.3 Å². The first-order valence-electron chi connectivity index (χ1n) is 5.33. The monoisotopic (exact) mass is 253 g/mol. The molecule has 90 valence electrons. The normalized spacial score (nSPS) is 10.8. The first-order chi connectivity index (χ1) is 8.19. The Morgan fingerprint density at radius 3 is 3.00 bits per heavy atom. The maximum Gasteiger partial charge on any atom is 0.123 e. The van der Waals surface area contributed by atoms with Gasteiger partial charge in [-0.1, -0.05) is 11.6 Å². The summed E-state index contributed by atoms with van der Waals surface area (Å²) in [5, 5.41) is 0.556. The smallest absolute Gasteiger partial charge is 0.123 e. The van der Waals surface area contributed by atoms with Crippen LogP contribution in [0.15, 0.2) is 30.7 Å². The molecule has 0 aliphatic heterocycles. The molecular weight excluding hydrogens is 241 g/mol. The lowest BCUT2D eigenvalue weighted by Crippen LogP contribution is -2.03. The number of nitrogens with two attached hydrogens (primary N) is 1. The van der Waals surface area contributed by atoms with Gasteiger partial charge in [0.15, 0.2) is 0 Å². The van der Waals surface area contributed by atoms with Crippen molar-refractivity contribution < 1.29 is 4.39 Å². The Kier molecular flexibility index (Phi) is 3.76. The molecule has 0 fully saturated rings. The van der Waals surface area contributed by atoms with Crippen molar-refractivity contribution in [3.05, 3.63) is 52.8 Å². The maximum absolute atomic E-state index is 13.1. The van der Waals surface area contributed by atoms with Gasteiger partial charge in [0.05, 0.1) is 18.6 Å². The van der Waals surface area contributed by atoms with Crippen LogP contribution < -0.4 is 5.73 Å². The van der Waals surface area contributed by atoms with Crippen LogP contribution in [0.4, 0.5) is 4.39 Å². The van der Waals surface area contributed by atoms with Crippen molar-refractivity contribution in [3.8, 4) is 0 Å². The van der Waals surface area contributed by atoms with Crippen LogP contribution in [-0.2, 0) is 13.0 Å². The predicted octanol–water partition coefficient (Wildman–Crippen LogP) is 2.23. The predicted molar refractivity (Wildman–Crippen MR) is 65.5 cm³/mol. The molecule has 17 heavy (non-hydrogen) atoms. The van der Waals surface area contributed by atoms with E-state index in [0.717, 1.165) is 17.7 Å². The highest BCUT2D eigenvalue weighted by molar-refractivity contribution is 6.31. The first kappa shape index (κ1) is 12.1. The van der Waals surface area contributed by atoms with Crippen molar-refractivity contribution in [1.82, 2.24) is 9.55 Å². The van der Waals surface area contributed by atoms with E-state index < -0.39 is 0 Å². The van der Waals surface area contributed by atoms with E-state index in [1.54, 1.807) is 12.4 Å². The minimum absolute atomic E-state index is 0.285. The largest absolute Gasteiger partial charge is 0.333 e. The number of rotatable bonds is 4. The van der Waals surface area contributed by atoms with E-state index in [1.807, 2.05) is 10.8 Å². The minimum Gasteiger partial charge on any atom is -0.333 e. The van der Waals surface area contributed by atoms with Crippen LogP contribution in [0.2, 0.25) is 5.02 Å². The van der Waals surface area contributed by atoms with Gasteiger partial charge in [-0.3, -0.25) is 0 Å². The standard InChI is InChI=1S/C12H13ClFN3/c13-12-2-1-10(14)5-9(12)6-17-7-11(3-4-15)16-8-17/h1-2,5,7-8H,3-4,6,15H2. The number of benzene rings is 1. The highest BCUT2D eigenvalue weighted by Gasteiger charge is 2.04. The van der Waals surface area contributed by atoms with Crippen molar-refractivity contribution in [3.63, 3.8) is 0 Å². The minimum atomic E-state index is -0.285. The van der Waals surface area contributed by atoms with E-state index in [9.17, 15) is 4.39 Å². The average molecular weight is 254 g/mol. The molecule has 3 nitrogen and oxygen atoms in total. The Morgan fingerprint density at radius 1 is 1.41 bits per heavy atom. The highest BCUT2D eigenvalue weighted by atomic mass is 35.5. The Labute approximate surface area is 104 Å².